The van der Waals surface area contributed by atoms with Crippen molar-refractivity contribution in [1.82, 2.24) is 15.1 Å². The number of nitrogens with one attached hydrogen (secondary N) is 1. The zero-order chi connectivity index (χ0) is 21.1. The molecule has 2 aromatic carbocycles. The lowest BCUT2D eigenvalue weighted by molar-refractivity contribution is -0.122. The quantitative estimate of drug-likeness (QED) is 0.650. The maximum Gasteiger partial charge on any atom is 0.265 e. The number of rotatable bonds is 5. The highest BCUT2D eigenvalue weighted by Crippen LogP contribution is 2.36. The Morgan fingerprint density at radius 3 is 2.53 bits per heavy atom. The standard InChI is InChI=1S/C22H21ClFN3O2S/c23-20-17-7-6-16(24)12-18(17)30-21(20)22(29)27-10-8-26(9-11-27)14-19(28)25-13-15-4-2-1-3-5-15/h1-7,12H,8-11,13-14H2,(H,25,28). The first-order chi connectivity index (χ1) is 14.5. The third-order valence-corrected chi connectivity index (χ3v) is 6.79. The van der Waals surface area contributed by atoms with Crippen LogP contribution >= 0.6 is 22.9 Å². The van der Waals surface area contributed by atoms with Crippen molar-refractivity contribution in [2.45, 2.75) is 6.54 Å². The van der Waals surface area contributed by atoms with Gasteiger partial charge >= 0.3 is 0 Å². The van der Waals surface area contributed by atoms with E-state index in [1.54, 1.807) is 11.0 Å². The Morgan fingerprint density at radius 1 is 1.07 bits per heavy atom. The van der Waals surface area contributed by atoms with Gasteiger partial charge < -0.3 is 10.2 Å². The topological polar surface area (TPSA) is 52.7 Å². The molecule has 0 spiro atoms. The highest BCUT2D eigenvalue weighted by molar-refractivity contribution is 7.21. The van der Waals surface area contributed by atoms with E-state index in [1.807, 2.05) is 35.2 Å². The first kappa shape index (κ1) is 20.8. The van der Waals surface area contributed by atoms with E-state index in [9.17, 15) is 14.0 Å². The van der Waals surface area contributed by atoms with Gasteiger partial charge in [0, 0.05) is 42.8 Å². The molecule has 2 amide bonds. The second kappa shape index (κ2) is 9.12. The second-order valence-electron chi connectivity index (χ2n) is 7.22. The van der Waals surface area contributed by atoms with Crippen LogP contribution in [-0.2, 0) is 11.3 Å². The summed E-state index contributed by atoms with van der Waals surface area (Å²) in [6.07, 6.45) is 0. The molecule has 5 nitrogen and oxygen atoms in total. The van der Waals surface area contributed by atoms with Crippen LogP contribution in [0.25, 0.3) is 10.1 Å². The van der Waals surface area contributed by atoms with Crippen LogP contribution < -0.4 is 5.32 Å². The zero-order valence-electron chi connectivity index (χ0n) is 16.2. The number of hydrogen-bond acceptors (Lipinski definition) is 4. The van der Waals surface area contributed by atoms with Gasteiger partial charge in [-0.15, -0.1) is 11.3 Å². The smallest absolute Gasteiger partial charge is 0.265 e. The van der Waals surface area contributed by atoms with Crippen molar-refractivity contribution in [2.75, 3.05) is 32.7 Å². The number of amides is 2. The van der Waals surface area contributed by atoms with Crippen molar-refractivity contribution in [3.8, 4) is 0 Å². The van der Waals surface area contributed by atoms with E-state index >= 15 is 0 Å². The summed E-state index contributed by atoms with van der Waals surface area (Å²) in [4.78, 5) is 29.3. The SMILES string of the molecule is O=C(CN1CCN(C(=O)c2sc3cc(F)ccc3c2Cl)CC1)NCc1ccccc1. The number of benzene rings is 2. The third kappa shape index (κ3) is 4.64. The van der Waals surface area contributed by atoms with E-state index in [0.717, 1.165) is 5.56 Å². The van der Waals surface area contributed by atoms with E-state index in [2.05, 4.69) is 5.32 Å². The second-order valence-corrected chi connectivity index (χ2v) is 8.65. The molecule has 1 saturated heterocycles. The van der Waals surface area contributed by atoms with Gasteiger partial charge in [0.05, 0.1) is 11.6 Å². The van der Waals surface area contributed by atoms with Crippen molar-refractivity contribution in [1.29, 1.82) is 0 Å². The molecular weight excluding hydrogens is 425 g/mol. The van der Waals surface area contributed by atoms with Gasteiger partial charge in [-0.05, 0) is 23.8 Å². The minimum Gasteiger partial charge on any atom is -0.351 e. The van der Waals surface area contributed by atoms with Gasteiger partial charge in [-0.1, -0.05) is 41.9 Å². The minimum atomic E-state index is -0.349. The summed E-state index contributed by atoms with van der Waals surface area (Å²) in [7, 11) is 0. The van der Waals surface area contributed by atoms with Gasteiger partial charge in [0.1, 0.15) is 10.7 Å². The molecule has 1 N–H and O–H groups in total. The Bertz CT molecular complexity index is 1060. The van der Waals surface area contributed by atoms with E-state index in [0.29, 0.717) is 59.3 Å². The molecule has 4 rings (SSSR count). The molecule has 1 fully saturated rings. The Balaban J connectivity index is 1.30. The summed E-state index contributed by atoms with van der Waals surface area (Å²) in [5.74, 6) is -0.526. The van der Waals surface area contributed by atoms with Crippen molar-refractivity contribution in [2.24, 2.45) is 0 Å². The zero-order valence-corrected chi connectivity index (χ0v) is 17.8. The summed E-state index contributed by atoms with van der Waals surface area (Å²) in [5.41, 5.74) is 1.06. The monoisotopic (exact) mass is 445 g/mol. The fourth-order valence-corrected chi connectivity index (χ4v) is 4.99. The summed E-state index contributed by atoms with van der Waals surface area (Å²) in [6.45, 7) is 3.07. The molecule has 0 radical (unpaired) electrons. The number of hydrogen-bond donors (Lipinski definition) is 1. The van der Waals surface area contributed by atoms with Gasteiger partial charge in [-0.3, -0.25) is 14.5 Å². The van der Waals surface area contributed by atoms with Gasteiger partial charge in [-0.2, -0.15) is 0 Å². The van der Waals surface area contributed by atoms with Crippen LogP contribution in [0.5, 0.6) is 0 Å². The molecule has 0 bridgehead atoms. The lowest BCUT2D eigenvalue weighted by Crippen LogP contribution is -2.51. The van der Waals surface area contributed by atoms with Crippen LogP contribution in [0.4, 0.5) is 4.39 Å². The normalized spacial score (nSPS) is 14.8. The van der Waals surface area contributed by atoms with Crippen LogP contribution in [0, 0.1) is 5.82 Å². The largest absolute Gasteiger partial charge is 0.351 e. The van der Waals surface area contributed by atoms with Crippen molar-refractivity contribution < 1.29 is 14.0 Å². The molecule has 0 saturated carbocycles. The van der Waals surface area contributed by atoms with Gasteiger partial charge in [0.15, 0.2) is 0 Å². The summed E-state index contributed by atoms with van der Waals surface area (Å²) >= 11 is 7.60. The Labute approximate surface area is 183 Å². The van der Waals surface area contributed by atoms with Crippen molar-refractivity contribution in [3.63, 3.8) is 0 Å². The predicted octanol–water partition coefficient (Wildman–Crippen LogP) is 3.77. The first-order valence-corrected chi connectivity index (χ1v) is 10.9. The molecule has 0 unspecified atom stereocenters. The average molecular weight is 446 g/mol. The molecule has 8 heteroatoms. The van der Waals surface area contributed by atoms with Crippen LogP contribution in [-0.4, -0.2) is 54.3 Å². The van der Waals surface area contributed by atoms with Gasteiger partial charge in [-0.25, -0.2) is 4.39 Å². The molecule has 30 heavy (non-hydrogen) atoms. The Kier molecular flexibility index (Phi) is 6.32. The van der Waals surface area contributed by atoms with Gasteiger partial charge in [0.25, 0.3) is 5.91 Å². The number of carbonyl (C=O) groups is 2. The highest BCUT2D eigenvalue weighted by Gasteiger charge is 2.26. The molecular formula is C22H21ClFN3O2S. The van der Waals surface area contributed by atoms with Crippen molar-refractivity contribution >= 4 is 44.8 Å². The highest BCUT2D eigenvalue weighted by atomic mass is 35.5. The molecule has 2 heterocycles. The van der Waals surface area contributed by atoms with E-state index in [-0.39, 0.29) is 17.6 Å². The van der Waals surface area contributed by atoms with Crippen LogP contribution in [0.15, 0.2) is 48.5 Å². The van der Waals surface area contributed by atoms with Crippen LogP contribution in [0.3, 0.4) is 0 Å². The molecule has 156 valence electrons. The predicted molar refractivity (Wildman–Crippen MR) is 117 cm³/mol. The lowest BCUT2D eigenvalue weighted by atomic mass is 10.2. The first-order valence-electron chi connectivity index (χ1n) is 9.71. The molecule has 3 aromatic rings. The number of carbonyl (C=O) groups excluding carboxylic acids is 2. The third-order valence-electron chi connectivity index (χ3n) is 5.14. The molecule has 0 aliphatic carbocycles. The Morgan fingerprint density at radius 2 is 1.80 bits per heavy atom. The number of piperazine rings is 1. The Hall–Kier alpha value is -2.48. The molecule has 0 atom stereocenters. The number of nitrogens with zero attached hydrogens (tertiary/aromatic N) is 2. The fraction of sp³-hybridized carbons (Fsp3) is 0.273. The summed E-state index contributed by atoms with van der Waals surface area (Å²) in [5, 5.41) is 4.00. The van der Waals surface area contributed by atoms with Crippen molar-refractivity contribution in [3.05, 3.63) is 69.8 Å². The fourth-order valence-electron chi connectivity index (χ4n) is 3.48. The number of thiophene rings is 1. The number of halogens is 2. The maximum absolute atomic E-state index is 13.5. The summed E-state index contributed by atoms with van der Waals surface area (Å²) < 4.78 is 14.1. The van der Waals surface area contributed by atoms with E-state index in [4.69, 9.17) is 11.6 Å². The molecule has 1 aliphatic heterocycles. The molecule has 1 aliphatic rings. The van der Waals surface area contributed by atoms with E-state index in [1.165, 1.54) is 23.5 Å². The summed E-state index contributed by atoms with van der Waals surface area (Å²) in [6, 6.07) is 14.1. The van der Waals surface area contributed by atoms with Gasteiger partial charge in [0.2, 0.25) is 5.91 Å². The van der Waals surface area contributed by atoms with Crippen LogP contribution in [0.1, 0.15) is 15.2 Å². The minimum absolute atomic E-state index is 0.0341. The molecule has 1 aromatic heterocycles. The van der Waals surface area contributed by atoms with E-state index < -0.39 is 0 Å². The van der Waals surface area contributed by atoms with Crippen LogP contribution in [0.2, 0.25) is 5.02 Å². The average Bonchev–Trinajstić information content (AvgIpc) is 3.08. The maximum atomic E-state index is 13.5. The lowest BCUT2D eigenvalue weighted by Gasteiger charge is -2.34. The number of fused-ring (bicyclic) bond motifs is 1.